The molecule has 0 N–H and O–H groups in total. The first-order valence-corrected chi connectivity index (χ1v) is 10.8. The number of aryl methyl sites for hydroxylation is 1. The molecule has 0 aliphatic carbocycles. The Morgan fingerprint density at radius 1 is 1.24 bits per heavy atom. The molecule has 2 bridgehead atoms. The fourth-order valence-corrected chi connectivity index (χ4v) is 5.46. The molecule has 0 radical (unpaired) electrons. The molecular formula is C17H23ClN4O2S. The minimum absolute atomic E-state index is 0.244. The summed E-state index contributed by atoms with van der Waals surface area (Å²) in [5, 5.41) is 6.41. The molecule has 3 aliphatic heterocycles. The highest BCUT2D eigenvalue weighted by atomic mass is 35.5. The van der Waals surface area contributed by atoms with Crippen molar-refractivity contribution in [2.45, 2.75) is 25.4 Å². The van der Waals surface area contributed by atoms with Crippen molar-refractivity contribution in [3.63, 3.8) is 0 Å². The Bertz CT molecular complexity index is 911. The van der Waals surface area contributed by atoms with Crippen molar-refractivity contribution in [3.05, 3.63) is 28.9 Å². The standard InChI is InChI=1S/C17H23ClN4O2S/c1-20-16-5-3-4-14(18)17(16)15(19-20)11-21-8-12-6-7-13(21)10-22(9-12)25(2,23)24/h3-5,12-13H,6-11H2,1-2H3/t12-,13-/m1/s1. The van der Waals surface area contributed by atoms with E-state index < -0.39 is 10.0 Å². The van der Waals surface area contributed by atoms with Crippen molar-refractivity contribution in [1.29, 1.82) is 0 Å². The van der Waals surface area contributed by atoms with E-state index in [0.29, 0.717) is 25.6 Å². The van der Waals surface area contributed by atoms with Gasteiger partial charge in [-0.2, -0.15) is 5.10 Å². The molecule has 0 spiro atoms. The Balaban J connectivity index is 1.64. The van der Waals surface area contributed by atoms with Gasteiger partial charge in [-0.25, -0.2) is 12.7 Å². The van der Waals surface area contributed by atoms with Crippen LogP contribution in [0.5, 0.6) is 0 Å². The van der Waals surface area contributed by atoms with Crippen molar-refractivity contribution >= 4 is 32.5 Å². The van der Waals surface area contributed by atoms with E-state index in [-0.39, 0.29) is 6.04 Å². The molecule has 1 aromatic carbocycles. The second-order valence-electron chi connectivity index (χ2n) is 7.31. The van der Waals surface area contributed by atoms with Gasteiger partial charge in [-0.05, 0) is 30.9 Å². The van der Waals surface area contributed by atoms with Crippen LogP contribution in [-0.2, 0) is 23.6 Å². The van der Waals surface area contributed by atoms with Gasteiger partial charge in [-0.1, -0.05) is 17.7 Å². The Morgan fingerprint density at radius 2 is 2.04 bits per heavy atom. The summed E-state index contributed by atoms with van der Waals surface area (Å²) in [7, 11) is -1.21. The van der Waals surface area contributed by atoms with Crippen LogP contribution in [-0.4, -0.2) is 59.3 Å². The van der Waals surface area contributed by atoms with Crippen molar-refractivity contribution in [2.75, 3.05) is 25.9 Å². The normalized spacial score (nSPS) is 25.6. The van der Waals surface area contributed by atoms with E-state index in [4.69, 9.17) is 11.6 Å². The minimum Gasteiger partial charge on any atom is -0.293 e. The predicted octanol–water partition coefficient (Wildman–Crippen LogP) is 2.08. The molecule has 4 heterocycles. The van der Waals surface area contributed by atoms with E-state index in [9.17, 15) is 8.42 Å². The molecule has 1 aromatic heterocycles. The zero-order valence-electron chi connectivity index (χ0n) is 14.5. The number of piperidine rings is 1. The quantitative estimate of drug-likeness (QED) is 0.815. The van der Waals surface area contributed by atoms with E-state index in [0.717, 1.165) is 41.0 Å². The first kappa shape index (κ1) is 17.3. The highest BCUT2D eigenvalue weighted by Gasteiger charge is 2.38. The number of aromatic nitrogens is 2. The molecule has 3 saturated heterocycles. The number of benzene rings is 1. The van der Waals surface area contributed by atoms with E-state index in [1.807, 2.05) is 29.9 Å². The molecule has 3 fully saturated rings. The Kier molecular flexibility index (Phi) is 4.30. The topological polar surface area (TPSA) is 58.4 Å². The maximum absolute atomic E-state index is 12.0. The number of halogens is 1. The molecule has 25 heavy (non-hydrogen) atoms. The van der Waals surface area contributed by atoms with Crippen LogP contribution in [0.2, 0.25) is 5.02 Å². The lowest BCUT2D eigenvalue weighted by Crippen LogP contribution is -2.43. The van der Waals surface area contributed by atoms with Gasteiger partial charge in [0.05, 0.1) is 22.5 Å². The Labute approximate surface area is 153 Å². The molecule has 0 amide bonds. The maximum Gasteiger partial charge on any atom is 0.211 e. The lowest BCUT2D eigenvalue weighted by molar-refractivity contribution is 0.124. The molecule has 5 rings (SSSR count). The van der Waals surface area contributed by atoms with Gasteiger partial charge in [0.25, 0.3) is 0 Å². The number of hydrogen-bond donors (Lipinski definition) is 0. The third kappa shape index (κ3) is 3.18. The van der Waals surface area contributed by atoms with Crippen molar-refractivity contribution in [2.24, 2.45) is 13.0 Å². The zero-order valence-corrected chi connectivity index (χ0v) is 16.1. The summed E-state index contributed by atoms with van der Waals surface area (Å²) < 4.78 is 27.6. The van der Waals surface area contributed by atoms with Crippen molar-refractivity contribution in [3.8, 4) is 0 Å². The Morgan fingerprint density at radius 3 is 2.80 bits per heavy atom. The van der Waals surface area contributed by atoms with Gasteiger partial charge in [-0.15, -0.1) is 0 Å². The van der Waals surface area contributed by atoms with Crippen LogP contribution in [0.15, 0.2) is 18.2 Å². The lowest BCUT2D eigenvalue weighted by Gasteiger charge is -2.35. The molecule has 136 valence electrons. The van der Waals surface area contributed by atoms with Crippen LogP contribution < -0.4 is 0 Å². The summed E-state index contributed by atoms with van der Waals surface area (Å²) in [6, 6.07) is 6.11. The maximum atomic E-state index is 12.0. The van der Waals surface area contributed by atoms with Crippen LogP contribution in [0.1, 0.15) is 18.5 Å². The molecule has 2 atom stereocenters. The first-order valence-electron chi connectivity index (χ1n) is 8.62. The number of sulfonamides is 1. The average Bonchev–Trinajstić information content (AvgIpc) is 2.71. The lowest BCUT2D eigenvalue weighted by atomic mass is 9.95. The summed E-state index contributed by atoms with van der Waals surface area (Å²) in [6.45, 7) is 2.84. The summed E-state index contributed by atoms with van der Waals surface area (Å²) in [6.07, 6.45) is 3.44. The highest BCUT2D eigenvalue weighted by Crippen LogP contribution is 2.32. The monoisotopic (exact) mass is 382 g/mol. The van der Waals surface area contributed by atoms with Gasteiger partial charge in [0.1, 0.15) is 0 Å². The van der Waals surface area contributed by atoms with Crippen molar-refractivity contribution in [1.82, 2.24) is 19.0 Å². The van der Waals surface area contributed by atoms with Gasteiger partial charge < -0.3 is 0 Å². The van der Waals surface area contributed by atoms with Crippen LogP contribution in [0.4, 0.5) is 0 Å². The molecule has 0 saturated carbocycles. The number of hydrogen-bond acceptors (Lipinski definition) is 4. The summed E-state index contributed by atoms with van der Waals surface area (Å²) in [5.74, 6) is 0.388. The van der Waals surface area contributed by atoms with Crippen LogP contribution >= 0.6 is 11.6 Å². The molecule has 2 aromatic rings. The van der Waals surface area contributed by atoms with Crippen LogP contribution in [0.3, 0.4) is 0 Å². The summed E-state index contributed by atoms with van der Waals surface area (Å²) in [5.41, 5.74) is 2.00. The van der Waals surface area contributed by atoms with Gasteiger partial charge in [-0.3, -0.25) is 9.58 Å². The van der Waals surface area contributed by atoms with Gasteiger partial charge in [0, 0.05) is 44.7 Å². The van der Waals surface area contributed by atoms with E-state index in [1.54, 1.807) is 4.31 Å². The zero-order chi connectivity index (χ0) is 17.8. The molecular weight excluding hydrogens is 360 g/mol. The van der Waals surface area contributed by atoms with E-state index >= 15 is 0 Å². The number of nitrogens with zero attached hydrogens (tertiary/aromatic N) is 4. The molecule has 8 heteroatoms. The van der Waals surface area contributed by atoms with Gasteiger partial charge >= 0.3 is 0 Å². The van der Waals surface area contributed by atoms with Crippen LogP contribution in [0, 0.1) is 5.92 Å². The fraction of sp³-hybridized carbons (Fsp3) is 0.588. The van der Waals surface area contributed by atoms with Crippen molar-refractivity contribution < 1.29 is 8.42 Å². The van der Waals surface area contributed by atoms with E-state index in [1.165, 1.54) is 6.26 Å². The largest absolute Gasteiger partial charge is 0.293 e. The number of rotatable bonds is 3. The third-order valence-electron chi connectivity index (χ3n) is 5.51. The Hall–Kier alpha value is -1.15. The fourth-order valence-electron chi connectivity index (χ4n) is 4.26. The average molecular weight is 383 g/mol. The van der Waals surface area contributed by atoms with E-state index in [2.05, 4.69) is 10.00 Å². The van der Waals surface area contributed by atoms with Crippen LogP contribution in [0.25, 0.3) is 10.9 Å². The molecule has 3 aliphatic rings. The SMILES string of the molecule is Cn1nc(CN2C[C@H]3CC[C@@H]2CN(S(C)(=O)=O)C3)c2c(Cl)cccc21. The second-order valence-corrected chi connectivity index (χ2v) is 9.70. The smallest absolute Gasteiger partial charge is 0.211 e. The number of fused-ring (bicyclic) bond motifs is 5. The molecule has 0 unspecified atom stereocenters. The second kappa shape index (κ2) is 6.23. The third-order valence-corrected chi connectivity index (χ3v) is 7.07. The molecule has 6 nitrogen and oxygen atoms in total. The summed E-state index contributed by atoms with van der Waals surface area (Å²) >= 11 is 6.43. The first-order chi connectivity index (χ1) is 11.8. The highest BCUT2D eigenvalue weighted by molar-refractivity contribution is 7.88. The van der Waals surface area contributed by atoms with Gasteiger partial charge in [0.2, 0.25) is 10.0 Å². The summed E-state index contributed by atoms with van der Waals surface area (Å²) in [4.78, 5) is 2.39. The predicted molar refractivity (Wildman–Crippen MR) is 99.1 cm³/mol. The minimum atomic E-state index is -3.14. The van der Waals surface area contributed by atoms with Gasteiger partial charge in [0.15, 0.2) is 0 Å².